The van der Waals surface area contributed by atoms with E-state index in [0.717, 1.165) is 17.3 Å². The molecule has 2 aliphatic heterocycles. The number of fused-ring (bicyclic) bond motifs is 6. The van der Waals surface area contributed by atoms with Crippen LogP contribution in [0.4, 0.5) is 5.82 Å². The molecule has 114 valence electrons. The first-order chi connectivity index (χ1) is 10.8. The van der Waals surface area contributed by atoms with Crippen LogP contribution in [0.15, 0.2) is 23.8 Å². The van der Waals surface area contributed by atoms with Gasteiger partial charge in [0.15, 0.2) is 5.84 Å². The summed E-state index contributed by atoms with van der Waals surface area (Å²) in [6, 6.07) is 0.524. The second kappa shape index (κ2) is 4.31. The van der Waals surface area contributed by atoms with Gasteiger partial charge in [-0.2, -0.15) is 5.10 Å². The van der Waals surface area contributed by atoms with Gasteiger partial charge in [0, 0.05) is 19.0 Å². The third-order valence-corrected chi connectivity index (χ3v) is 5.08. The maximum Gasteiger partial charge on any atom is 0.185 e. The second-order valence-corrected chi connectivity index (χ2v) is 6.33. The van der Waals surface area contributed by atoms with Crippen molar-refractivity contribution in [2.45, 2.75) is 37.9 Å². The smallest absolute Gasteiger partial charge is 0.185 e. The molecule has 2 aromatic heterocycles. The molecule has 8 heteroatoms. The summed E-state index contributed by atoms with van der Waals surface area (Å²) >= 11 is 0. The third-order valence-electron chi connectivity index (χ3n) is 5.08. The summed E-state index contributed by atoms with van der Waals surface area (Å²) in [7, 11) is 1.87. The largest absolute Gasteiger partial charge is 0.314 e. The normalized spacial score (nSPS) is 29.4. The number of amidine groups is 1. The van der Waals surface area contributed by atoms with Crippen molar-refractivity contribution in [3.63, 3.8) is 0 Å². The number of hydrogen-bond acceptors (Lipinski definition) is 6. The van der Waals surface area contributed by atoms with Crippen LogP contribution in [0.3, 0.4) is 0 Å². The Morgan fingerprint density at radius 1 is 1.27 bits per heavy atom. The van der Waals surface area contributed by atoms with Gasteiger partial charge in [0.25, 0.3) is 0 Å². The van der Waals surface area contributed by atoms with Crippen LogP contribution in [0, 0.1) is 5.92 Å². The maximum absolute atomic E-state index is 4.57. The van der Waals surface area contributed by atoms with Crippen LogP contribution < -0.4 is 10.3 Å². The van der Waals surface area contributed by atoms with Crippen LogP contribution >= 0.6 is 0 Å². The summed E-state index contributed by atoms with van der Waals surface area (Å²) in [6.45, 7) is 0. The van der Waals surface area contributed by atoms with Gasteiger partial charge in [-0.05, 0) is 12.8 Å². The van der Waals surface area contributed by atoms with Crippen molar-refractivity contribution in [1.29, 1.82) is 0 Å². The molecule has 1 fully saturated rings. The van der Waals surface area contributed by atoms with E-state index in [2.05, 4.69) is 35.3 Å². The van der Waals surface area contributed by atoms with Gasteiger partial charge in [-0.3, -0.25) is 15.0 Å². The number of rotatable bonds is 1. The van der Waals surface area contributed by atoms with Crippen molar-refractivity contribution < 1.29 is 0 Å². The Morgan fingerprint density at radius 2 is 2.18 bits per heavy atom. The van der Waals surface area contributed by atoms with Gasteiger partial charge < -0.3 is 4.57 Å². The fourth-order valence-electron chi connectivity index (χ4n) is 4.13. The molecule has 3 atom stereocenters. The van der Waals surface area contributed by atoms with Gasteiger partial charge in [0.05, 0.1) is 18.7 Å². The number of hydrogen-bond donors (Lipinski definition) is 1. The van der Waals surface area contributed by atoms with Crippen molar-refractivity contribution in [2.24, 2.45) is 18.1 Å². The highest BCUT2D eigenvalue weighted by Gasteiger charge is 2.47. The zero-order valence-corrected chi connectivity index (χ0v) is 12.4. The minimum atomic E-state index is 0.200. The van der Waals surface area contributed by atoms with E-state index in [0.29, 0.717) is 12.0 Å². The molecule has 5 rings (SSSR count). The highest BCUT2D eigenvalue weighted by molar-refractivity contribution is 6.09. The molecular weight excluding hydrogens is 280 g/mol. The lowest BCUT2D eigenvalue weighted by Gasteiger charge is -2.45. The molecule has 2 aromatic rings. The first-order valence-corrected chi connectivity index (χ1v) is 7.84. The molecule has 0 bridgehead atoms. The molecular formula is C14H18N8. The van der Waals surface area contributed by atoms with Gasteiger partial charge in [-0.15, -0.1) is 5.10 Å². The maximum atomic E-state index is 4.57. The fraction of sp³-hybridized carbons (Fsp3) is 0.571. The molecule has 3 unspecified atom stereocenters. The Bertz CT molecular complexity index is 744. The average molecular weight is 298 g/mol. The number of nitrogens with zero attached hydrogens (tertiary/aromatic N) is 7. The molecule has 8 nitrogen and oxygen atoms in total. The van der Waals surface area contributed by atoms with E-state index in [4.69, 9.17) is 0 Å². The lowest BCUT2D eigenvalue weighted by atomic mass is 9.80. The molecule has 3 aliphatic rings. The number of imidazole rings is 1. The first kappa shape index (κ1) is 12.2. The summed E-state index contributed by atoms with van der Waals surface area (Å²) in [6.07, 6.45) is 11.0. The van der Waals surface area contributed by atoms with Crippen molar-refractivity contribution in [1.82, 2.24) is 30.0 Å². The van der Waals surface area contributed by atoms with E-state index >= 15 is 0 Å². The quantitative estimate of drug-likeness (QED) is 0.845. The van der Waals surface area contributed by atoms with Gasteiger partial charge in [0.1, 0.15) is 17.7 Å². The molecule has 4 heterocycles. The van der Waals surface area contributed by atoms with E-state index in [1.165, 1.54) is 25.7 Å². The Hall–Kier alpha value is -2.38. The Morgan fingerprint density at radius 3 is 3.05 bits per heavy atom. The predicted molar refractivity (Wildman–Crippen MR) is 80.2 cm³/mol. The van der Waals surface area contributed by atoms with E-state index in [1.54, 1.807) is 4.68 Å². The lowest BCUT2D eigenvalue weighted by molar-refractivity contribution is 0.176. The van der Waals surface area contributed by atoms with Gasteiger partial charge in [-0.1, -0.05) is 18.1 Å². The predicted octanol–water partition coefficient (Wildman–Crippen LogP) is 0.854. The summed E-state index contributed by atoms with van der Waals surface area (Å²) in [4.78, 5) is 6.63. The molecule has 1 saturated carbocycles. The van der Waals surface area contributed by atoms with E-state index in [1.807, 2.05) is 25.8 Å². The summed E-state index contributed by atoms with van der Waals surface area (Å²) < 4.78 is 4.02. The lowest BCUT2D eigenvalue weighted by Crippen LogP contribution is -2.53. The van der Waals surface area contributed by atoms with Crippen molar-refractivity contribution in [2.75, 3.05) is 4.90 Å². The highest BCUT2D eigenvalue weighted by Crippen LogP contribution is 2.45. The highest BCUT2D eigenvalue weighted by atomic mass is 15.6. The molecule has 0 saturated heterocycles. The zero-order valence-electron chi connectivity index (χ0n) is 12.4. The number of aromatic nitrogens is 5. The minimum Gasteiger partial charge on any atom is -0.314 e. The second-order valence-electron chi connectivity index (χ2n) is 6.33. The molecule has 0 aromatic carbocycles. The number of aryl methyl sites for hydroxylation is 1. The summed E-state index contributed by atoms with van der Waals surface area (Å²) in [5.41, 5.74) is 4.13. The number of nitrogens with one attached hydrogen (secondary N) is 1. The van der Waals surface area contributed by atoms with Crippen molar-refractivity contribution >= 4 is 11.7 Å². The van der Waals surface area contributed by atoms with Crippen LogP contribution in [-0.4, -0.2) is 36.5 Å². The van der Waals surface area contributed by atoms with Crippen molar-refractivity contribution in [3.8, 4) is 0 Å². The molecule has 1 aliphatic carbocycles. The van der Waals surface area contributed by atoms with Gasteiger partial charge in [0.2, 0.25) is 0 Å². The Labute approximate surface area is 127 Å². The fourth-order valence-corrected chi connectivity index (χ4v) is 4.13. The number of hydrazone groups is 1. The summed E-state index contributed by atoms with van der Waals surface area (Å²) in [5, 5.41) is 12.8. The summed E-state index contributed by atoms with van der Waals surface area (Å²) in [5.74, 6) is 2.49. The Balaban J connectivity index is 1.62. The monoisotopic (exact) mass is 298 g/mol. The topological polar surface area (TPSA) is 76.2 Å². The van der Waals surface area contributed by atoms with Crippen LogP contribution in [0.5, 0.6) is 0 Å². The first-order valence-electron chi connectivity index (χ1n) is 7.84. The minimum absolute atomic E-state index is 0.200. The molecule has 22 heavy (non-hydrogen) atoms. The molecule has 0 radical (unpaired) electrons. The molecule has 1 N–H and O–H groups in total. The van der Waals surface area contributed by atoms with Crippen molar-refractivity contribution in [3.05, 3.63) is 24.4 Å². The standard InChI is InChI=1S/C14H18N8/c1-20-7-10(16-19-20)14-18-17-13-9-4-2-3-5-11(9)21-8-15-6-12(21)22(13)14/h6-9,11,13,17H,2-5H2,1H3. The SMILES string of the molecule is Cn1cc(C2=NNC3C4CCCCC4n4cncc4N23)nn1. The van der Waals surface area contributed by atoms with Crippen LogP contribution in [0.1, 0.15) is 37.4 Å². The van der Waals surface area contributed by atoms with E-state index in [9.17, 15) is 0 Å². The zero-order chi connectivity index (χ0) is 14.7. The number of anilines is 1. The van der Waals surface area contributed by atoms with E-state index in [-0.39, 0.29) is 6.17 Å². The third kappa shape index (κ3) is 1.52. The van der Waals surface area contributed by atoms with Gasteiger partial charge in [-0.25, -0.2) is 4.98 Å². The van der Waals surface area contributed by atoms with E-state index < -0.39 is 0 Å². The molecule has 0 amide bonds. The van der Waals surface area contributed by atoms with Crippen LogP contribution in [0.2, 0.25) is 0 Å². The Kier molecular flexibility index (Phi) is 2.39. The van der Waals surface area contributed by atoms with Crippen LogP contribution in [0.25, 0.3) is 0 Å². The average Bonchev–Trinajstić information content (AvgIpc) is 3.25. The van der Waals surface area contributed by atoms with Crippen LogP contribution in [-0.2, 0) is 7.05 Å². The van der Waals surface area contributed by atoms with Gasteiger partial charge >= 0.3 is 0 Å². The molecule has 0 spiro atoms.